The molecule has 2 aromatic carbocycles. The predicted octanol–water partition coefficient (Wildman–Crippen LogP) is 4.89. The predicted molar refractivity (Wildman–Crippen MR) is 117 cm³/mol. The number of rotatable bonds is 8. The highest BCUT2D eigenvalue weighted by molar-refractivity contribution is 6.35. The summed E-state index contributed by atoms with van der Waals surface area (Å²) in [5.74, 6) is -0.0648. The number of aryl methyl sites for hydroxylation is 1. The third-order valence-electron chi connectivity index (χ3n) is 4.48. The van der Waals surface area contributed by atoms with Gasteiger partial charge in [-0.3, -0.25) is 9.59 Å². The van der Waals surface area contributed by atoms with E-state index in [1.807, 2.05) is 13.8 Å². The van der Waals surface area contributed by atoms with Gasteiger partial charge in [-0.2, -0.15) is 0 Å². The smallest absolute Gasteiger partial charge is 0.261 e. The van der Waals surface area contributed by atoms with Crippen molar-refractivity contribution in [3.8, 4) is 5.75 Å². The number of hydrogen-bond acceptors (Lipinski definition) is 3. The van der Waals surface area contributed by atoms with Crippen molar-refractivity contribution in [3.63, 3.8) is 0 Å². The third-order valence-corrected chi connectivity index (χ3v) is 5.49. The lowest BCUT2D eigenvalue weighted by Crippen LogP contribution is -2.49. The number of likely N-dealkylation sites (N-methyl/N-ethyl adjacent to an activating group) is 1. The monoisotopic (exact) mass is 456 g/mol. The van der Waals surface area contributed by atoms with Crippen LogP contribution in [-0.4, -0.2) is 36.4 Å². The summed E-state index contributed by atoms with van der Waals surface area (Å²) in [5, 5.41) is 4.15. The average Bonchev–Trinajstić information content (AvgIpc) is 2.69. The molecule has 2 aromatic rings. The molecule has 5 nitrogen and oxygen atoms in total. The molecular weight excluding hydrogens is 435 g/mol. The molecule has 1 atom stereocenters. The SMILES string of the molecule is CCC(C(=O)NC)N(Cc1ccc(Cl)cc1Cl)C(=O)COc1ccc(Cl)c(C)c1. The van der Waals surface area contributed by atoms with E-state index < -0.39 is 6.04 Å². The standard InChI is InChI=1S/C21H23Cl3N2O3/c1-4-19(21(28)25-3)26(11-14-5-6-15(22)10-18(14)24)20(27)12-29-16-7-8-17(23)13(2)9-16/h5-10,19H,4,11-12H2,1-3H3,(H,25,28). The number of carbonyl (C=O) groups is 2. The van der Waals surface area contributed by atoms with Crippen molar-refractivity contribution in [3.05, 3.63) is 62.6 Å². The lowest BCUT2D eigenvalue weighted by Gasteiger charge is -2.30. The fourth-order valence-electron chi connectivity index (χ4n) is 2.85. The Morgan fingerprint density at radius 1 is 1.10 bits per heavy atom. The van der Waals surface area contributed by atoms with Crippen LogP contribution in [0.1, 0.15) is 24.5 Å². The van der Waals surface area contributed by atoms with Crippen LogP contribution in [0.3, 0.4) is 0 Å². The Hall–Kier alpha value is -1.95. The summed E-state index contributed by atoms with van der Waals surface area (Å²) < 4.78 is 5.64. The molecule has 0 aliphatic heterocycles. The van der Waals surface area contributed by atoms with Gasteiger partial charge in [0.15, 0.2) is 6.61 Å². The maximum atomic E-state index is 13.0. The zero-order valence-corrected chi connectivity index (χ0v) is 18.7. The minimum Gasteiger partial charge on any atom is -0.484 e. The highest BCUT2D eigenvalue weighted by Crippen LogP contribution is 2.24. The first-order valence-corrected chi connectivity index (χ1v) is 10.2. The Balaban J connectivity index is 2.23. The Morgan fingerprint density at radius 2 is 1.83 bits per heavy atom. The molecule has 29 heavy (non-hydrogen) atoms. The van der Waals surface area contributed by atoms with E-state index in [4.69, 9.17) is 39.5 Å². The minimum absolute atomic E-state index is 0.157. The molecule has 0 saturated heterocycles. The number of carbonyl (C=O) groups excluding carboxylic acids is 2. The normalized spacial score (nSPS) is 11.7. The summed E-state index contributed by atoms with van der Waals surface area (Å²) in [6, 6.07) is 9.54. The minimum atomic E-state index is -0.658. The van der Waals surface area contributed by atoms with Crippen molar-refractivity contribution >= 4 is 46.6 Å². The van der Waals surface area contributed by atoms with Crippen LogP contribution in [0.25, 0.3) is 0 Å². The van der Waals surface area contributed by atoms with Gasteiger partial charge < -0.3 is 15.0 Å². The topological polar surface area (TPSA) is 58.6 Å². The second-order valence-corrected chi connectivity index (χ2v) is 7.75. The van der Waals surface area contributed by atoms with Crippen molar-refractivity contribution in [2.75, 3.05) is 13.7 Å². The number of amides is 2. The molecule has 0 aliphatic rings. The van der Waals surface area contributed by atoms with Crippen LogP contribution >= 0.6 is 34.8 Å². The molecule has 0 spiro atoms. The molecule has 2 amide bonds. The summed E-state index contributed by atoms with van der Waals surface area (Å²) in [4.78, 5) is 26.8. The molecule has 156 valence electrons. The number of nitrogens with zero attached hydrogens (tertiary/aromatic N) is 1. The van der Waals surface area contributed by atoms with E-state index in [1.54, 1.807) is 36.4 Å². The molecule has 0 radical (unpaired) electrons. The van der Waals surface area contributed by atoms with E-state index >= 15 is 0 Å². The van der Waals surface area contributed by atoms with Gasteiger partial charge in [0.2, 0.25) is 5.91 Å². The first kappa shape index (κ1) is 23.3. The summed E-state index contributed by atoms with van der Waals surface area (Å²) in [6.45, 7) is 3.63. The van der Waals surface area contributed by atoms with E-state index in [0.29, 0.717) is 32.8 Å². The van der Waals surface area contributed by atoms with Gasteiger partial charge in [-0.1, -0.05) is 47.8 Å². The number of hydrogen-bond donors (Lipinski definition) is 1. The van der Waals surface area contributed by atoms with Crippen molar-refractivity contribution in [1.82, 2.24) is 10.2 Å². The lowest BCUT2D eigenvalue weighted by atomic mass is 10.1. The van der Waals surface area contributed by atoms with E-state index in [-0.39, 0.29) is 25.0 Å². The summed E-state index contributed by atoms with van der Waals surface area (Å²) in [6.07, 6.45) is 0.441. The van der Waals surface area contributed by atoms with Gasteiger partial charge in [-0.15, -0.1) is 0 Å². The molecule has 0 saturated carbocycles. The number of ether oxygens (including phenoxy) is 1. The molecule has 2 rings (SSSR count). The first-order chi connectivity index (χ1) is 13.8. The molecule has 1 unspecified atom stereocenters. The second kappa shape index (κ2) is 10.7. The van der Waals surface area contributed by atoms with Gasteiger partial charge in [-0.05, 0) is 54.8 Å². The zero-order chi connectivity index (χ0) is 21.6. The Labute approximate surface area is 185 Å². The maximum Gasteiger partial charge on any atom is 0.261 e. The Morgan fingerprint density at radius 3 is 2.41 bits per heavy atom. The van der Waals surface area contributed by atoms with Gasteiger partial charge in [0, 0.05) is 28.7 Å². The van der Waals surface area contributed by atoms with Crippen molar-refractivity contribution in [2.24, 2.45) is 0 Å². The fourth-order valence-corrected chi connectivity index (χ4v) is 3.44. The fraction of sp³-hybridized carbons (Fsp3) is 0.333. The van der Waals surface area contributed by atoms with Crippen molar-refractivity contribution < 1.29 is 14.3 Å². The highest BCUT2D eigenvalue weighted by Gasteiger charge is 2.28. The molecule has 0 bridgehead atoms. The second-order valence-electron chi connectivity index (χ2n) is 6.50. The Bertz CT molecular complexity index is 889. The van der Waals surface area contributed by atoms with Gasteiger partial charge in [-0.25, -0.2) is 0 Å². The van der Waals surface area contributed by atoms with Crippen molar-refractivity contribution in [1.29, 1.82) is 0 Å². The van der Waals surface area contributed by atoms with Crippen molar-refractivity contribution in [2.45, 2.75) is 32.9 Å². The first-order valence-electron chi connectivity index (χ1n) is 9.10. The lowest BCUT2D eigenvalue weighted by molar-refractivity contribution is -0.142. The molecule has 0 heterocycles. The van der Waals surface area contributed by atoms with Crippen LogP contribution in [-0.2, 0) is 16.1 Å². The molecule has 1 N–H and O–H groups in total. The Kier molecular flexibility index (Phi) is 8.62. The zero-order valence-electron chi connectivity index (χ0n) is 16.5. The van der Waals surface area contributed by atoms with Gasteiger partial charge in [0.05, 0.1) is 0 Å². The summed E-state index contributed by atoms with van der Waals surface area (Å²) >= 11 is 18.3. The average molecular weight is 458 g/mol. The largest absolute Gasteiger partial charge is 0.484 e. The highest BCUT2D eigenvalue weighted by atomic mass is 35.5. The van der Waals surface area contributed by atoms with E-state index in [2.05, 4.69) is 5.32 Å². The maximum absolute atomic E-state index is 13.0. The summed E-state index contributed by atoms with van der Waals surface area (Å²) in [7, 11) is 1.54. The van der Waals surface area contributed by atoms with Crippen LogP contribution in [0, 0.1) is 6.92 Å². The van der Waals surface area contributed by atoms with Crippen LogP contribution in [0.4, 0.5) is 0 Å². The van der Waals surface area contributed by atoms with Crippen LogP contribution in [0.15, 0.2) is 36.4 Å². The molecule has 0 aliphatic carbocycles. The number of nitrogens with one attached hydrogen (secondary N) is 1. The van der Waals surface area contributed by atoms with Gasteiger partial charge >= 0.3 is 0 Å². The van der Waals surface area contributed by atoms with Gasteiger partial charge in [0.25, 0.3) is 5.91 Å². The van der Waals surface area contributed by atoms with Crippen LogP contribution in [0.5, 0.6) is 5.75 Å². The molecule has 8 heteroatoms. The molecule has 0 aromatic heterocycles. The van der Waals surface area contributed by atoms with Crippen LogP contribution in [0.2, 0.25) is 15.1 Å². The van der Waals surface area contributed by atoms with Crippen LogP contribution < -0.4 is 10.1 Å². The number of benzene rings is 2. The van der Waals surface area contributed by atoms with Gasteiger partial charge in [0.1, 0.15) is 11.8 Å². The number of halogens is 3. The van der Waals surface area contributed by atoms with E-state index in [0.717, 1.165) is 5.56 Å². The summed E-state index contributed by atoms with van der Waals surface area (Å²) in [5.41, 5.74) is 1.53. The van der Waals surface area contributed by atoms with E-state index in [9.17, 15) is 9.59 Å². The molecular formula is C21H23Cl3N2O3. The third kappa shape index (κ3) is 6.26. The van der Waals surface area contributed by atoms with E-state index in [1.165, 1.54) is 11.9 Å². The quantitative estimate of drug-likeness (QED) is 0.614. The molecule has 0 fully saturated rings.